The maximum atomic E-state index is 12.4. The van der Waals surface area contributed by atoms with Crippen molar-refractivity contribution in [1.82, 2.24) is 15.3 Å². The molecule has 126 valence electrons. The van der Waals surface area contributed by atoms with Gasteiger partial charge in [0, 0.05) is 45.5 Å². The first kappa shape index (κ1) is 16.0. The molecule has 0 bridgehead atoms. The van der Waals surface area contributed by atoms with Crippen LogP contribution in [-0.4, -0.2) is 60.8 Å². The van der Waals surface area contributed by atoms with Gasteiger partial charge in [0.2, 0.25) is 11.9 Å². The number of aliphatic hydroxyl groups is 1. The summed E-state index contributed by atoms with van der Waals surface area (Å²) >= 11 is 0. The Morgan fingerprint density at radius 1 is 1.48 bits per heavy atom. The van der Waals surface area contributed by atoms with Gasteiger partial charge >= 0.3 is 0 Å². The minimum atomic E-state index is -0.733. The quantitative estimate of drug-likeness (QED) is 0.817. The Morgan fingerprint density at radius 2 is 2.26 bits per heavy atom. The number of carbonyl (C=O) groups excluding carboxylic acids is 1. The lowest BCUT2D eigenvalue weighted by atomic mass is 9.71. The molecule has 2 N–H and O–H groups in total. The van der Waals surface area contributed by atoms with Gasteiger partial charge in [-0.2, -0.15) is 4.98 Å². The van der Waals surface area contributed by atoms with Gasteiger partial charge in [-0.05, 0) is 26.2 Å². The van der Waals surface area contributed by atoms with E-state index in [-0.39, 0.29) is 5.91 Å². The van der Waals surface area contributed by atoms with Gasteiger partial charge in [-0.15, -0.1) is 0 Å². The van der Waals surface area contributed by atoms with E-state index < -0.39 is 11.5 Å². The zero-order chi connectivity index (χ0) is 16.6. The third-order valence-corrected chi connectivity index (χ3v) is 4.96. The lowest BCUT2D eigenvalue weighted by Gasteiger charge is -2.46. The van der Waals surface area contributed by atoms with Gasteiger partial charge in [0.15, 0.2) is 0 Å². The molecule has 2 fully saturated rings. The molecule has 0 aliphatic carbocycles. The molecule has 23 heavy (non-hydrogen) atoms. The zero-order valence-corrected chi connectivity index (χ0v) is 14.0. The highest BCUT2D eigenvalue weighted by atomic mass is 16.3. The average Bonchev–Trinajstić information content (AvgIpc) is 2.53. The molecule has 1 aromatic heterocycles. The summed E-state index contributed by atoms with van der Waals surface area (Å²) in [4.78, 5) is 25.5. The SMILES string of the molecule is Cc1cnc(N2CC[C@@H](O)[C@@]3(CCCNC3=O)C2)nc1N(C)C. The van der Waals surface area contributed by atoms with E-state index in [1.807, 2.05) is 37.0 Å². The topological polar surface area (TPSA) is 81.6 Å². The van der Waals surface area contributed by atoms with E-state index in [4.69, 9.17) is 0 Å². The monoisotopic (exact) mass is 319 g/mol. The normalized spacial score (nSPS) is 27.9. The Kier molecular flexibility index (Phi) is 4.14. The van der Waals surface area contributed by atoms with Crippen molar-refractivity contribution < 1.29 is 9.90 Å². The third-order valence-electron chi connectivity index (χ3n) is 4.96. The summed E-state index contributed by atoms with van der Waals surface area (Å²) in [6, 6.07) is 0. The number of piperidine rings is 2. The molecule has 7 heteroatoms. The molecule has 1 spiro atoms. The lowest BCUT2D eigenvalue weighted by Crippen LogP contribution is -2.61. The van der Waals surface area contributed by atoms with Crippen molar-refractivity contribution in [2.24, 2.45) is 5.41 Å². The van der Waals surface area contributed by atoms with Crippen LogP contribution in [0, 0.1) is 12.3 Å². The van der Waals surface area contributed by atoms with Crippen LogP contribution >= 0.6 is 0 Å². The number of amides is 1. The van der Waals surface area contributed by atoms with Crippen LogP contribution in [0.15, 0.2) is 6.20 Å². The number of aliphatic hydroxyl groups excluding tert-OH is 1. The van der Waals surface area contributed by atoms with Crippen LogP contribution in [0.25, 0.3) is 0 Å². The summed E-state index contributed by atoms with van der Waals surface area (Å²) in [6.45, 7) is 3.80. The molecule has 0 radical (unpaired) electrons. The number of anilines is 2. The van der Waals surface area contributed by atoms with Crippen molar-refractivity contribution >= 4 is 17.7 Å². The predicted molar refractivity (Wildman–Crippen MR) is 88.6 cm³/mol. The Hall–Kier alpha value is -1.89. The maximum absolute atomic E-state index is 12.4. The van der Waals surface area contributed by atoms with Crippen molar-refractivity contribution in [2.45, 2.75) is 32.3 Å². The van der Waals surface area contributed by atoms with Gasteiger partial charge in [-0.25, -0.2) is 4.98 Å². The molecule has 2 saturated heterocycles. The van der Waals surface area contributed by atoms with Crippen LogP contribution in [0.4, 0.5) is 11.8 Å². The van der Waals surface area contributed by atoms with Crippen molar-refractivity contribution in [3.8, 4) is 0 Å². The fraction of sp³-hybridized carbons (Fsp3) is 0.688. The molecule has 1 aromatic rings. The highest BCUT2D eigenvalue weighted by molar-refractivity contribution is 5.85. The van der Waals surface area contributed by atoms with Crippen molar-refractivity contribution in [1.29, 1.82) is 0 Å². The smallest absolute Gasteiger partial charge is 0.230 e. The highest BCUT2D eigenvalue weighted by Gasteiger charge is 2.50. The number of aromatic nitrogens is 2. The van der Waals surface area contributed by atoms with E-state index in [0.717, 1.165) is 17.8 Å². The summed E-state index contributed by atoms with van der Waals surface area (Å²) in [5.41, 5.74) is 0.282. The zero-order valence-electron chi connectivity index (χ0n) is 14.0. The largest absolute Gasteiger partial charge is 0.392 e. The first-order valence-corrected chi connectivity index (χ1v) is 8.16. The van der Waals surface area contributed by atoms with Crippen LogP contribution < -0.4 is 15.1 Å². The van der Waals surface area contributed by atoms with Crippen LogP contribution in [0.5, 0.6) is 0 Å². The van der Waals surface area contributed by atoms with E-state index in [1.54, 1.807) is 0 Å². The standard InChI is InChI=1S/C16H25N5O2/c1-11-9-18-15(19-13(11)20(2)3)21-8-5-12(22)16(10-21)6-4-7-17-14(16)23/h9,12,22H,4-8,10H2,1-3H3,(H,17,23)/t12-,16-/m1/s1. The summed E-state index contributed by atoms with van der Waals surface area (Å²) in [5, 5.41) is 13.4. The number of nitrogens with zero attached hydrogens (tertiary/aromatic N) is 4. The second kappa shape index (κ2) is 5.96. The van der Waals surface area contributed by atoms with Gasteiger partial charge in [0.1, 0.15) is 5.82 Å². The molecule has 3 heterocycles. The highest BCUT2D eigenvalue weighted by Crippen LogP contribution is 2.38. The van der Waals surface area contributed by atoms with Gasteiger partial charge in [0.05, 0.1) is 11.5 Å². The van der Waals surface area contributed by atoms with Gasteiger partial charge in [0.25, 0.3) is 0 Å². The Labute approximate surface area is 136 Å². The molecule has 2 atom stereocenters. The predicted octanol–water partition coefficient (Wildman–Crippen LogP) is 0.318. The van der Waals surface area contributed by atoms with Crippen LogP contribution in [0.2, 0.25) is 0 Å². The molecular weight excluding hydrogens is 294 g/mol. The van der Waals surface area contributed by atoms with Crippen LogP contribution in [0.1, 0.15) is 24.8 Å². The molecule has 7 nitrogen and oxygen atoms in total. The molecule has 2 aliphatic rings. The number of hydrogen-bond acceptors (Lipinski definition) is 6. The third kappa shape index (κ3) is 2.73. The average molecular weight is 319 g/mol. The second-order valence-electron chi connectivity index (χ2n) is 6.81. The molecular formula is C16H25N5O2. The Bertz CT molecular complexity index is 606. The molecule has 0 saturated carbocycles. The summed E-state index contributed by atoms with van der Waals surface area (Å²) < 4.78 is 0. The molecule has 2 aliphatic heterocycles. The number of aryl methyl sites for hydroxylation is 1. The fourth-order valence-corrected chi connectivity index (χ4v) is 3.64. The van der Waals surface area contributed by atoms with Gasteiger partial charge in [-0.3, -0.25) is 4.79 Å². The van der Waals surface area contributed by atoms with E-state index in [9.17, 15) is 9.90 Å². The van der Waals surface area contributed by atoms with Crippen molar-refractivity contribution in [2.75, 3.05) is 43.5 Å². The van der Waals surface area contributed by atoms with E-state index in [0.29, 0.717) is 38.4 Å². The van der Waals surface area contributed by atoms with Gasteiger partial charge < -0.3 is 20.2 Å². The first-order valence-electron chi connectivity index (χ1n) is 8.16. The van der Waals surface area contributed by atoms with E-state index >= 15 is 0 Å². The number of hydrogen-bond donors (Lipinski definition) is 2. The number of nitrogens with one attached hydrogen (secondary N) is 1. The summed E-state index contributed by atoms with van der Waals surface area (Å²) in [5.74, 6) is 1.47. The minimum Gasteiger partial charge on any atom is -0.392 e. The van der Waals surface area contributed by atoms with Crippen molar-refractivity contribution in [3.63, 3.8) is 0 Å². The molecule has 0 unspecified atom stereocenters. The van der Waals surface area contributed by atoms with Crippen LogP contribution in [-0.2, 0) is 4.79 Å². The minimum absolute atomic E-state index is 0.0408. The molecule has 1 amide bonds. The lowest BCUT2D eigenvalue weighted by molar-refractivity contribution is -0.142. The van der Waals surface area contributed by atoms with Crippen molar-refractivity contribution in [3.05, 3.63) is 11.8 Å². The number of carbonyl (C=O) groups is 1. The maximum Gasteiger partial charge on any atom is 0.230 e. The van der Waals surface area contributed by atoms with E-state index in [2.05, 4.69) is 15.3 Å². The Morgan fingerprint density at radius 3 is 2.96 bits per heavy atom. The fourth-order valence-electron chi connectivity index (χ4n) is 3.64. The molecule has 0 aromatic carbocycles. The van der Waals surface area contributed by atoms with Crippen LogP contribution in [0.3, 0.4) is 0 Å². The van der Waals surface area contributed by atoms with E-state index in [1.165, 1.54) is 0 Å². The number of rotatable bonds is 2. The van der Waals surface area contributed by atoms with Gasteiger partial charge in [-0.1, -0.05) is 0 Å². The Balaban J connectivity index is 1.89. The summed E-state index contributed by atoms with van der Waals surface area (Å²) in [6.07, 6.45) is 3.38. The summed E-state index contributed by atoms with van der Waals surface area (Å²) in [7, 11) is 3.91. The molecule has 3 rings (SSSR count). The first-order chi connectivity index (χ1) is 10.9. The second-order valence-corrected chi connectivity index (χ2v) is 6.81.